The molecular weight excluding hydrogens is 271 g/mol. The standard InChI is InChI=1S/C13H16ClFN2O2/c1-8(2)6-16-11(18)7-17-13(19)12-9(14)4-3-5-10(12)15/h3-5,8H,6-7H2,1-2H3,(H,16,18)(H,17,19). The van der Waals surface area contributed by atoms with Crippen molar-refractivity contribution in [3.8, 4) is 0 Å². The number of halogens is 2. The predicted molar refractivity (Wildman–Crippen MR) is 71.6 cm³/mol. The van der Waals surface area contributed by atoms with E-state index in [1.165, 1.54) is 12.1 Å². The Balaban J connectivity index is 2.54. The van der Waals surface area contributed by atoms with E-state index in [0.717, 1.165) is 6.07 Å². The summed E-state index contributed by atoms with van der Waals surface area (Å²) in [5, 5.41) is 4.98. The van der Waals surface area contributed by atoms with Crippen molar-refractivity contribution in [3.63, 3.8) is 0 Å². The number of amides is 2. The van der Waals surface area contributed by atoms with Crippen molar-refractivity contribution < 1.29 is 14.0 Å². The normalized spacial score (nSPS) is 10.4. The Morgan fingerprint density at radius 3 is 2.58 bits per heavy atom. The molecule has 1 aromatic rings. The van der Waals surface area contributed by atoms with Gasteiger partial charge in [-0.15, -0.1) is 0 Å². The molecule has 19 heavy (non-hydrogen) atoms. The number of hydrogen-bond acceptors (Lipinski definition) is 2. The van der Waals surface area contributed by atoms with Gasteiger partial charge in [-0.05, 0) is 18.1 Å². The molecule has 0 aromatic heterocycles. The SMILES string of the molecule is CC(C)CNC(=O)CNC(=O)c1c(F)cccc1Cl. The lowest BCUT2D eigenvalue weighted by atomic mass is 10.2. The fourth-order valence-electron chi connectivity index (χ4n) is 1.34. The lowest BCUT2D eigenvalue weighted by molar-refractivity contribution is -0.120. The van der Waals surface area contributed by atoms with E-state index in [2.05, 4.69) is 10.6 Å². The van der Waals surface area contributed by atoms with Crippen LogP contribution in [0.5, 0.6) is 0 Å². The van der Waals surface area contributed by atoms with Crippen LogP contribution in [0.3, 0.4) is 0 Å². The summed E-state index contributed by atoms with van der Waals surface area (Å²) >= 11 is 5.74. The molecule has 0 atom stereocenters. The first kappa shape index (κ1) is 15.4. The van der Waals surface area contributed by atoms with Crippen LogP contribution in [-0.4, -0.2) is 24.9 Å². The van der Waals surface area contributed by atoms with Crippen LogP contribution in [0.4, 0.5) is 4.39 Å². The topological polar surface area (TPSA) is 58.2 Å². The number of carbonyl (C=O) groups excluding carboxylic acids is 2. The summed E-state index contributed by atoms with van der Waals surface area (Å²) in [5.74, 6) is -1.43. The van der Waals surface area contributed by atoms with E-state index in [9.17, 15) is 14.0 Å². The molecule has 1 rings (SSSR count). The summed E-state index contributed by atoms with van der Waals surface area (Å²) in [6, 6.07) is 3.96. The summed E-state index contributed by atoms with van der Waals surface area (Å²) < 4.78 is 13.4. The number of rotatable bonds is 5. The molecule has 0 spiro atoms. The zero-order valence-electron chi connectivity index (χ0n) is 10.8. The molecule has 0 radical (unpaired) electrons. The zero-order chi connectivity index (χ0) is 14.4. The highest BCUT2D eigenvalue weighted by atomic mass is 35.5. The molecule has 4 nitrogen and oxygen atoms in total. The molecular formula is C13H16ClFN2O2. The van der Waals surface area contributed by atoms with Crippen LogP contribution in [0.25, 0.3) is 0 Å². The second kappa shape index (κ2) is 7.09. The van der Waals surface area contributed by atoms with Crippen molar-refractivity contribution >= 4 is 23.4 Å². The lowest BCUT2D eigenvalue weighted by Gasteiger charge is -2.09. The second-order valence-corrected chi connectivity index (χ2v) is 4.88. The van der Waals surface area contributed by atoms with E-state index in [-0.39, 0.29) is 23.0 Å². The Bertz CT molecular complexity index is 457. The Morgan fingerprint density at radius 1 is 1.32 bits per heavy atom. The van der Waals surface area contributed by atoms with Crippen LogP contribution < -0.4 is 10.6 Å². The van der Waals surface area contributed by atoms with Crippen LogP contribution in [0, 0.1) is 11.7 Å². The summed E-state index contributed by atoms with van der Waals surface area (Å²) in [7, 11) is 0. The van der Waals surface area contributed by atoms with Crippen molar-refractivity contribution in [1.29, 1.82) is 0 Å². The molecule has 0 aliphatic carbocycles. The first-order valence-corrected chi connectivity index (χ1v) is 6.28. The van der Waals surface area contributed by atoms with Gasteiger partial charge in [0.2, 0.25) is 5.91 Å². The molecule has 104 valence electrons. The molecule has 0 saturated heterocycles. The Morgan fingerprint density at radius 2 is 2.00 bits per heavy atom. The van der Waals surface area contributed by atoms with Gasteiger partial charge in [0, 0.05) is 6.54 Å². The summed E-state index contributed by atoms with van der Waals surface area (Å²) in [6.07, 6.45) is 0. The predicted octanol–water partition coefficient (Wildman–Crippen LogP) is 1.98. The van der Waals surface area contributed by atoms with Gasteiger partial charge < -0.3 is 10.6 Å². The highest BCUT2D eigenvalue weighted by Crippen LogP contribution is 2.18. The Labute approximate surface area is 116 Å². The van der Waals surface area contributed by atoms with Crippen LogP contribution in [0.15, 0.2) is 18.2 Å². The minimum absolute atomic E-state index is 0.0140. The molecule has 0 bridgehead atoms. The fourth-order valence-corrected chi connectivity index (χ4v) is 1.59. The van der Waals surface area contributed by atoms with Gasteiger partial charge in [0.1, 0.15) is 5.82 Å². The number of carbonyl (C=O) groups is 2. The minimum Gasteiger partial charge on any atom is -0.354 e. The first-order chi connectivity index (χ1) is 8.91. The maximum Gasteiger partial charge on any atom is 0.256 e. The van der Waals surface area contributed by atoms with E-state index in [1.54, 1.807) is 0 Å². The third kappa shape index (κ3) is 4.87. The van der Waals surface area contributed by atoms with Gasteiger partial charge in [-0.3, -0.25) is 9.59 Å². The van der Waals surface area contributed by atoms with E-state index in [4.69, 9.17) is 11.6 Å². The average molecular weight is 287 g/mol. The van der Waals surface area contributed by atoms with Gasteiger partial charge in [0.25, 0.3) is 5.91 Å². The Kier molecular flexibility index (Phi) is 5.76. The van der Waals surface area contributed by atoms with Crippen molar-refractivity contribution in [2.45, 2.75) is 13.8 Å². The molecule has 0 aliphatic heterocycles. The van der Waals surface area contributed by atoms with Gasteiger partial charge in [-0.25, -0.2) is 4.39 Å². The quantitative estimate of drug-likeness (QED) is 0.869. The molecule has 0 unspecified atom stereocenters. The molecule has 0 saturated carbocycles. The summed E-state index contributed by atoms with van der Waals surface area (Å²) in [6.45, 7) is 4.22. The van der Waals surface area contributed by atoms with Crippen molar-refractivity contribution in [1.82, 2.24) is 10.6 Å². The maximum atomic E-state index is 13.4. The number of benzene rings is 1. The van der Waals surface area contributed by atoms with E-state index in [1.807, 2.05) is 13.8 Å². The highest BCUT2D eigenvalue weighted by Gasteiger charge is 2.16. The largest absolute Gasteiger partial charge is 0.354 e. The van der Waals surface area contributed by atoms with Gasteiger partial charge in [-0.2, -0.15) is 0 Å². The summed E-state index contributed by atoms with van der Waals surface area (Å²) in [5.41, 5.74) is -0.249. The highest BCUT2D eigenvalue weighted by molar-refractivity contribution is 6.33. The van der Waals surface area contributed by atoms with Gasteiger partial charge in [-0.1, -0.05) is 31.5 Å². The third-order valence-electron chi connectivity index (χ3n) is 2.31. The van der Waals surface area contributed by atoms with Gasteiger partial charge in [0.15, 0.2) is 0 Å². The van der Waals surface area contributed by atoms with E-state index >= 15 is 0 Å². The number of nitrogens with one attached hydrogen (secondary N) is 2. The molecule has 2 amide bonds. The number of hydrogen-bond donors (Lipinski definition) is 2. The molecule has 0 heterocycles. The second-order valence-electron chi connectivity index (χ2n) is 4.48. The minimum atomic E-state index is -0.715. The van der Waals surface area contributed by atoms with Gasteiger partial charge in [0.05, 0.1) is 17.1 Å². The van der Waals surface area contributed by atoms with Crippen LogP contribution in [0.1, 0.15) is 24.2 Å². The monoisotopic (exact) mass is 286 g/mol. The first-order valence-electron chi connectivity index (χ1n) is 5.90. The van der Waals surface area contributed by atoms with Crippen molar-refractivity contribution in [2.24, 2.45) is 5.92 Å². The van der Waals surface area contributed by atoms with Crippen LogP contribution in [-0.2, 0) is 4.79 Å². The molecule has 1 aromatic carbocycles. The van der Waals surface area contributed by atoms with E-state index < -0.39 is 11.7 Å². The Hall–Kier alpha value is -1.62. The molecule has 0 aliphatic rings. The fraction of sp³-hybridized carbons (Fsp3) is 0.385. The molecule has 2 N–H and O–H groups in total. The smallest absolute Gasteiger partial charge is 0.256 e. The summed E-state index contributed by atoms with van der Waals surface area (Å²) in [4.78, 5) is 23.1. The lowest BCUT2D eigenvalue weighted by Crippen LogP contribution is -2.38. The molecule has 6 heteroatoms. The van der Waals surface area contributed by atoms with Crippen molar-refractivity contribution in [3.05, 3.63) is 34.6 Å². The zero-order valence-corrected chi connectivity index (χ0v) is 11.6. The van der Waals surface area contributed by atoms with Gasteiger partial charge >= 0.3 is 0 Å². The van der Waals surface area contributed by atoms with Crippen LogP contribution in [0.2, 0.25) is 5.02 Å². The maximum absolute atomic E-state index is 13.4. The third-order valence-corrected chi connectivity index (χ3v) is 2.62. The van der Waals surface area contributed by atoms with Crippen LogP contribution >= 0.6 is 11.6 Å². The van der Waals surface area contributed by atoms with Crippen molar-refractivity contribution in [2.75, 3.05) is 13.1 Å². The average Bonchev–Trinajstić information content (AvgIpc) is 2.33. The van der Waals surface area contributed by atoms with E-state index in [0.29, 0.717) is 12.5 Å². The molecule has 0 fully saturated rings.